The van der Waals surface area contributed by atoms with E-state index in [-0.39, 0.29) is 5.97 Å². The van der Waals surface area contributed by atoms with Crippen molar-refractivity contribution in [3.8, 4) is 0 Å². The SMILES string of the molecule is COC(=O)C1COCCN1c1nc(C)cnc1C. The molecule has 0 saturated carbocycles. The summed E-state index contributed by atoms with van der Waals surface area (Å²) in [7, 11) is 1.38. The van der Waals surface area contributed by atoms with Gasteiger partial charge in [0, 0.05) is 12.7 Å². The van der Waals surface area contributed by atoms with E-state index in [4.69, 9.17) is 9.47 Å². The van der Waals surface area contributed by atoms with E-state index in [1.54, 1.807) is 6.20 Å². The fraction of sp³-hybridized carbons (Fsp3) is 0.583. The molecule has 1 aliphatic heterocycles. The van der Waals surface area contributed by atoms with Crippen molar-refractivity contribution in [1.82, 2.24) is 9.97 Å². The molecule has 18 heavy (non-hydrogen) atoms. The van der Waals surface area contributed by atoms with Gasteiger partial charge in [0.25, 0.3) is 0 Å². The van der Waals surface area contributed by atoms with Crippen LogP contribution in [0.25, 0.3) is 0 Å². The third kappa shape index (κ3) is 2.43. The lowest BCUT2D eigenvalue weighted by Gasteiger charge is -2.35. The van der Waals surface area contributed by atoms with Gasteiger partial charge in [-0.05, 0) is 13.8 Å². The lowest BCUT2D eigenvalue weighted by Crippen LogP contribution is -2.51. The maximum Gasteiger partial charge on any atom is 0.330 e. The molecule has 1 aliphatic rings. The molecule has 0 spiro atoms. The van der Waals surface area contributed by atoms with Gasteiger partial charge >= 0.3 is 5.97 Å². The van der Waals surface area contributed by atoms with Crippen molar-refractivity contribution in [1.29, 1.82) is 0 Å². The molecule has 6 nitrogen and oxygen atoms in total. The molecule has 1 aromatic rings. The fourth-order valence-electron chi connectivity index (χ4n) is 1.99. The van der Waals surface area contributed by atoms with Gasteiger partial charge in [0.2, 0.25) is 0 Å². The van der Waals surface area contributed by atoms with Crippen LogP contribution in [-0.2, 0) is 14.3 Å². The summed E-state index contributed by atoms with van der Waals surface area (Å²) in [6.45, 7) is 5.26. The number of carbonyl (C=O) groups excluding carboxylic acids is 1. The van der Waals surface area contributed by atoms with Crippen LogP contribution in [-0.4, -0.2) is 48.8 Å². The molecule has 98 valence electrons. The molecule has 1 unspecified atom stereocenters. The molecule has 0 bridgehead atoms. The molecule has 2 heterocycles. The van der Waals surface area contributed by atoms with Crippen molar-refractivity contribution in [2.45, 2.75) is 19.9 Å². The number of anilines is 1. The monoisotopic (exact) mass is 251 g/mol. The molecule has 0 radical (unpaired) electrons. The molecule has 0 N–H and O–H groups in total. The molecule has 0 aromatic carbocycles. The molecule has 0 amide bonds. The number of esters is 1. The zero-order valence-electron chi connectivity index (χ0n) is 10.8. The Morgan fingerprint density at radius 2 is 2.33 bits per heavy atom. The predicted octanol–water partition coefficient (Wildman–Crippen LogP) is 0.472. The van der Waals surface area contributed by atoms with E-state index in [0.29, 0.717) is 19.8 Å². The highest BCUT2D eigenvalue weighted by Crippen LogP contribution is 2.21. The average molecular weight is 251 g/mol. The minimum atomic E-state index is -0.446. The Balaban J connectivity index is 2.33. The summed E-state index contributed by atoms with van der Waals surface area (Å²) in [6, 6.07) is -0.446. The number of hydrogen-bond donors (Lipinski definition) is 0. The first-order valence-corrected chi connectivity index (χ1v) is 5.86. The lowest BCUT2D eigenvalue weighted by molar-refractivity contribution is -0.144. The zero-order chi connectivity index (χ0) is 13.1. The molecule has 1 aromatic heterocycles. The minimum Gasteiger partial charge on any atom is -0.467 e. The van der Waals surface area contributed by atoms with Gasteiger partial charge in [-0.1, -0.05) is 0 Å². The van der Waals surface area contributed by atoms with Crippen LogP contribution >= 0.6 is 0 Å². The summed E-state index contributed by atoms with van der Waals surface area (Å²) in [5.41, 5.74) is 1.63. The number of morpholine rings is 1. The van der Waals surface area contributed by atoms with Gasteiger partial charge in [0.05, 0.1) is 31.7 Å². The fourth-order valence-corrected chi connectivity index (χ4v) is 1.99. The van der Waals surface area contributed by atoms with Crippen molar-refractivity contribution in [3.63, 3.8) is 0 Å². The number of rotatable bonds is 2. The van der Waals surface area contributed by atoms with Crippen LogP contribution in [0.4, 0.5) is 5.82 Å². The summed E-state index contributed by atoms with van der Waals surface area (Å²) in [4.78, 5) is 22.4. The Morgan fingerprint density at radius 3 is 3.06 bits per heavy atom. The van der Waals surface area contributed by atoms with Gasteiger partial charge in [-0.2, -0.15) is 0 Å². The van der Waals surface area contributed by atoms with Crippen molar-refractivity contribution >= 4 is 11.8 Å². The third-order valence-electron chi connectivity index (χ3n) is 2.92. The Hall–Kier alpha value is -1.69. The van der Waals surface area contributed by atoms with Crippen LogP contribution in [0.5, 0.6) is 0 Å². The summed E-state index contributed by atoms with van der Waals surface area (Å²) in [6.07, 6.45) is 1.71. The smallest absolute Gasteiger partial charge is 0.330 e. The van der Waals surface area contributed by atoms with Gasteiger partial charge in [-0.25, -0.2) is 9.78 Å². The number of nitrogens with zero attached hydrogens (tertiary/aromatic N) is 3. The lowest BCUT2D eigenvalue weighted by atomic mass is 10.2. The topological polar surface area (TPSA) is 64.6 Å². The van der Waals surface area contributed by atoms with Gasteiger partial charge in [-0.3, -0.25) is 4.98 Å². The molecule has 1 saturated heterocycles. The molecular weight excluding hydrogens is 234 g/mol. The third-order valence-corrected chi connectivity index (χ3v) is 2.92. The highest BCUT2D eigenvalue weighted by atomic mass is 16.5. The normalized spacial score (nSPS) is 19.7. The highest BCUT2D eigenvalue weighted by molar-refractivity contribution is 5.80. The van der Waals surface area contributed by atoms with E-state index >= 15 is 0 Å². The van der Waals surface area contributed by atoms with E-state index in [2.05, 4.69) is 9.97 Å². The van der Waals surface area contributed by atoms with Crippen molar-refractivity contribution in [2.75, 3.05) is 31.8 Å². The first-order chi connectivity index (χ1) is 8.63. The second kappa shape index (κ2) is 5.30. The molecular formula is C12H17N3O3. The summed E-state index contributed by atoms with van der Waals surface area (Å²) in [5.74, 6) is 0.422. The van der Waals surface area contributed by atoms with E-state index < -0.39 is 6.04 Å². The molecule has 0 aliphatic carbocycles. The first kappa shape index (κ1) is 12.8. The summed E-state index contributed by atoms with van der Waals surface area (Å²) in [5, 5.41) is 0. The Kier molecular flexibility index (Phi) is 3.76. The summed E-state index contributed by atoms with van der Waals surface area (Å²) >= 11 is 0. The number of carbonyl (C=O) groups is 1. The van der Waals surface area contributed by atoms with E-state index in [1.807, 2.05) is 18.7 Å². The zero-order valence-corrected chi connectivity index (χ0v) is 10.8. The molecule has 2 rings (SSSR count). The standard InChI is InChI=1S/C12H17N3O3/c1-8-6-13-9(2)11(14-8)15-4-5-18-7-10(15)12(16)17-3/h6,10H,4-5,7H2,1-3H3. The van der Waals surface area contributed by atoms with Gasteiger partial charge < -0.3 is 14.4 Å². The van der Waals surface area contributed by atoms with E-state index in [1.165, 1.54) is 7.11 Å². The van der Waals surface area contributed by atoms with Crippen molar-refractivity contribution < 1.29 is 14.3 Å². The van der Waals surface area contributed by atoms with Gasteiger partial charge in [0.15, 0.2) is 11.9 Å². The number of hydrogen-bond acceptors (Lipinski definition) is 6. The number of aromatic nitrogens is 2. The van der Waals surface area contributed by atoms with Crippen LogP contribution in [0.2, 0.25) is 0 Å². The Bertz CT molecular complexity index is 450. The van der Waals surface area contributed by atoms with Crippen LogP contribution in [0.3, 0.4) is 0 Å². The van der Waals surface area contributed by atoms with Crippen LogP contribution in [0, 0.1) is 13.8 Å². The minimum absolute atomic E-state index is 0.308. The van der Waals surface area contributed by atoms with E-state index in [0.717, 1.165) is 17.2 Å². The predicted molar refractivity (Wildman–Crippen MR) is 65.5 cm³/mol. The van der Waals surface area contributed by atoms with Crippen molar-refractivity contribution in [3.05, 3.63) is 17.6 Å². The second-order valence-electron chi connectivity index (χ2n) is 4.23. The first-order valence-electron chi connectivity index (χ1n) is 5.86. The Morgan fingerprint density at radius 1 is 1.56 bits per heavy atom. The number of ether oxygens (including phenoxy) is 2. The molecule has 1 fully saturated rings. The van der Waals surface area contributed by atoms with Crippen molar-refractivity contribution in [2.24, 2.45) is 0 Å². The largest absolute Gasteiger partial charge is 0.467 e. The summed E-state index contributed by atoms with van der Waals surface area (Å²) < 4.78 is 10.1. The second-order valence-corrected chi connectivity index (χ2v) is 4.23. The van der Waals surface area contributed by atoms with Crippen LogP contribution in [0.15, 0.2) is 6.20 Å². The quantitative estimate of drug-likeness (QED) is 0.712. The van der Waals surface area contributed by atoms with E-state index in [9.17, 15) is 4.79 Å². The van der Waals surface area contributed by atoms with Crippen LogP contribution in [0.1, 0.15) is 11.4 Å². The average Bonchev–Trinajstić information content (AvgIpc) is 2.40. The maximum atomic E-state index is 11.8. The van der Waals surface area contributed by atoms with Gasteiger partial charge in [0.1, 0.15) is 0 Å². The van der Waals surface area contributed by atoms with Crippen LogP contribution < -0.4 is 4.90 Å². The Labute approximate surface area is 106 Å². The number of aryl methyl sites for hydroxylation is 2. The van der Waals surface area contributed by atoms with Gasteiger partial charge in [-0.15, -0.1) is 0 Å². The number of methoxy groups -OCH3 is 1. The maximum absolute atomic E-state index is 11.8. The highest BCUT2D eigenvalue weighted by Gasteiger charge is 2.32. The molecule has 6 heteroatoms. The molecule has 1 atom stereocenters.